The smallest absolute Gasteiger partial charge is 0.0920 e. The first kappa shape index (κ1) is 15.0. The first-order valence-electron chi connectivity index (χ1n) is 6.98. The van der Waals surface area contributed by atoms with E-state index in [9.17, 15) is 0 Å². The average molecular weight is 327 g/mol. The van der Waals surface area contributed by atoms with Crippen molar-refractivity contribution < 1.29 is 9.47 Å². The molecule has 106 valence electrons. The van der Waals surface area contributed by atoms with Crippen LogP contribution >= 0.6 is 15.9 Å². The third kappa shape index (κ3) is 3.80. The van der Waals surface area contributed by atoms with E-state index in [0.717, 1.165) is 23.7 Å². The Morgan fingerprint density at radius 2 is 2.00 bits per heavy atom. The number of hydrogen-bond donors (Lipinski definition) is 0. The summed E-state index contributed by atoms with van der Waals surface area (Å²) in [6.45, 7) is 7.82. The summed E-state index contributed by atoms with van der Waals surface area (Å²) < 4.78 is 13.2. The van der Waals surface area contributed by atoms with E-state index >= 15 is 0 Å². The minimum Gasteiger partial charge on any atom is -0.374 e. The van der Waals surface area contributed by atoms with Crippen LogP contribution in [0.5, 0.6) is 0 Å². The van der Waals surface area contributed by atoms with Crippen LogP contribution in [-0.4, -0.2) is 17.8 Å². The highest BCUT2D eigenvalue weighted by Gasteiger charge is 2.43. The van der Waals surface area contributed by atoms with Gasteiger partial charge in [-0.05, 0) is 44.7 Å². The van der Waals surface area contributed by atoms with Crippen molar-refractivity contribution in [1.82, 2.24) is 0 Å². The summed E-state index contributed by atoms with van der Waals surface area (Å²) >= 11 is 3.55. The minimum atomic E-state index is -0.0925. The molecule has 0 aliphatic carbocycles. The molecule has 1 unspecified atom stereocenters. The standard InChI is InChI=1S/C16H23BrO2/c1-4-16(10-9-15(2,3)19-16)12-18-11-13-7-5-6-8-14(13)17/h5-8H,4,9-12H2,1-3H3. The molecule has 0 amide bonds. The molecule has 0 aromatic heterocycles. The van der Waals surface area contributed by atoms with Gasteiger partial charge in [-0.2, -0.15) is 0 Å². The van der Waals surface area contributed by atoms with Crippen LogP contribution in [-0.2, 0) is 16.1 Å². The molecule has 1 aromatic rings. The summed E-state index contributed by atoms with van der Waals surface area (Å²) in [4.78, 5) is 0. The number of benzene rings is 1. The molecule has 0 bridgehead atoms. The maximum absolute atomic E-state index is 6.22. The van der Waals surface area contributed by atoms with Crippen LogP contribution in [0.1, 0.15) is 45.6 Å². The van der Waals surface area contributed by atoms with Gasteiger partial charge in [0.2, 0.25) is 0 Å². The Kier molecular flexibility index (Phi) is 4.70. The van der Waals surface area contributed by atoms with Crippen LogP contribution in [0.4, 0.5) is 0 Å². The highest BCUT2D eigenvalue weighted by Crippen LogP contribution is 2.39. The van der Waals surface area contributed by atoms with E-state index in [1.54, 1.807) is 0 Å². The summed E-state index contributed by atoms with van der Waals surface area (Å²) in [5, 5.41) is 0. The molecular formula is C16H23BrO2. The first-order chi connectivity index (χ1) is 8.96. The lowest BCUT2D eigenvalue weighted by Gasteiger charge is -2.30. The van der Waals surface area contributed by atoms with E-state index in [0.29, 0.717) is 13.2 Å². The molecular weight excluding hydrogens is 304 g/mol. The molecule has 0 saturated carbocycles. The van der Waals surface area contributed by atoms with Crippen LogP contribution in [0.2, 0.25) is 0 Å². The quantitative estimate of drug-likeness (QED) is 0.780. The van der Waals surface area contributed by atoms with Crippen molar-refractivity contribution in [3.63, 3.8) is 0 Å². The molecule has 0 spiro atoms. The lowest BCUT2D eigenvalue weighted by atomic mass is 9.96. The Balaban J connectivity index is 1.90. The molecule has 1 aromatic carbocycles. The molecule has 2 nitrogen and oxygen atoms in total. The van der Waals surface area contributed by atoms with Gasteiger partial charge in [-0.15, -0.1) is 0 Å². The third-order valence-electron chi connectivity index (χ3n) is 3.90. The van der Waals surface area contributed by atoms with E-state index in [4.69, 9.17) is 9.47 Å². The second-order valence-electron chi connectivity index (χ2n) is 5.98. The summed E-state index contributed by atoms with van der Waals surface area (Å²) in [5.41, 5.74) is 1.09. The van der Waals surface area contributed by atoms with Gasteiger partial charge in [0.25, 0.3) is 0 Å². The molecule has 1 aliphatic rings. The first-order valence-corrected chi connectivity index (χ1v) is 7.77. The fourth-order valence-electron chi connectivity index (χ4n) is 2.63. The van der Waals surface area contributed by atoms with Crippen molar-refractivity contribution >= 4 is 15.9 Å². The molecule has 19 heavy (non-hydrogen) atoms. The number of hydrogen-bond acceptors (Lipinski definition) is 2. The van der Waals surface area contributed by atoms with Crippen molar-refractivity contribution in [2.75, 3.05) is 6.61 Å². The van der Waals surface area contributed by atoms with Crippen LogP contribution in [0.3, 0.4) is 0 Å². The maximum Gasteiger partial charge on any atom is 0.0920 e. The summed E-state index contributed by atoms with van der Waals surface area (Å²) in [6, 6.07) is 8.18. The highest BCUT2D eigenvalue weighted by atomic mass is 79.9. The molecule has 1 heterocycles. The average Bonchev–Trinajstić information content (AvgIpc) is 2.68. The molecule has 1 atom stereocenters. The molecule has 0 N–H and O–H groups in total. The monoisotopic (exact) mass is 326 g/mol. The topological polar surface area (TPSA) is 18.5 Å². The van der Waals surface area contributed by atoms with Gasteiger partial charge in [0, 0.05) is 4.47 Å². The molecule has 0 radical (unpaired) electrons. The van der Waals surface area contributed by atoms with Crippen molar-refractivity contribution in [3.05, 3.63) is 34.3 Å². The number of rotatable bonds is 5. The second kappa shape index (κ2) is 5.94. The van der Waals surface area contributed by atoms with Gasteiger partial charge in [-0.3, -0.25) is 0 Å². The molecule has 1 saturated heterocycles. The van der Waals surface area contributed by atoms with Crippen LogP contribution < -0.4 is 0 Å². The van der Waals surface area contributed by atoms with Crippen molar-refractivity contribution in [3.8, 4) is 0 Å². The largest absolute Gasteiger partial charge is 0.374 e. The highest BCUT2D eigenvalue weighted by molar-refractivity contribution is 9.10. The van der Waals surface area contributed by atoms with Crippen molar-refractivity contribution in [1.29, 1.82) is 0 Å². The van der Waals surface area contributed by atoms with E-state index in [2.05, 4.69) is 42.8 Å². The summed E-state index contributed by atoms with van der Waals surface area (Å²) in [7, 11) is 0. The summed E-state index contributed by atoms with van der Waals surface area (Å²) in [5.74, 6) is 0. The Morgan fingerprint density at radius 3 is 2.58 bits per heavy atom. The lowest BCUT2D eigenvalue weighted by molar-refractivity contribution is -0.126. The van der Waals surface area contributed by atoms with Gasteiger partial charge >= 0.3 is 0 Å². The predicted octanol–water partition coefficient (Wildman–Crippen LogP) is 4.70. The molecule has 1 aliphatic heterocycles. The minimum absolute atomic E-state index is 0.00724. The zero-order valence-electron chi connectivity index (χ0n) is 12.0. The van der Waals surface area contributed by atoms with Gasteiger partial charge in [0.05, 0.1) is 24.4 Å². The van der Waals surface area contributed by atoms with Gasteiger partial charge in [0.1, 0.15) is 0 Å². The maximum atomic E-state index is 6.22. The number of halogens is 1. The van der Waals surface area contributed by atoms with Crippen LogP contribution in [0.15, 0.2) is 28.7 Å². The van der Waals surface area contributed by atoms with Gasteiger partial charge in [-0.25, -0.2) is 0 Å². The second-order valence-corrected chi connectivity index (χ2v) is 6.84. The number of ether oxygens (including phenoxy) is 2. The van der Waals surface area contributed by atoms with Gasteiger partial charge in [-0.1, -0.05) is 41.1 Å². The third-order valence-corrected chi connectivity index (χ3v) is 4.67. The molecule has 2 rings (SSSR count). The van der Waals surface area contributed by atoms with E-state index < -0.39 is 0 Å². The van der Waals surface area contributed by atoms with Crippen molar-refractivity contribution in [2.24, 2.45) is 0 Å². The van der Waals surface area contributed by atoms with Crippen LogP contribution in [0, 0.1) is 0 Å². The Morgan fingerprint density at radius 1 is 1.26 bits per heavy atom. The van der Waals surface area contributed by atoms with Gasteiger partial charge < -0.3 is 9.47 Å². The normalized spacial score (nSPS) is 25.7. The van der Waals surface area contributed by atoms with Crippen LogP contribution in [0.25, 0.3) is 0 Å². The Labute approximate surface area is 124 Å². The van der Waals surface area contributed by atoms with E-state index in [1.165, 1.54) is 5.56 Å². The van der Waals surface area contributed by atoms with E-state index in [-0.39, 0.29) is 11.2 Å². The van der Waals surface area contributed by atoms with Crippen molar-refractivity contribution in [2.45, 2.75) is 57.8 Å². The van der Waals surface area contributed by atoms with Gasteiger partial charge in [0.15, 0.2) is 0 Å². The van der Waals surface area contributed by atoms with E-state index in [1.807, 2.05) is 18.2 Å². The zero-order chi connectivity index (χ0) is 13.9. The predicted molar refractivity (Wildman–Crippen MR) is 81.2 cm³/mol. The summed E-state index contributed by atoms with van der Waals surface area (Å²) in [6.07, 6.45) is 3.21. The lowest BCUT2D eigenvalue weighted by Crippen LogP contribution is -2.36. The molecule has 1 fully saturated rings. The molecule has 3 heteroatoms. The fourth-order valence-corrected chi connectivity index (χ4v) is 3.03. The Bertz CT molecular complexity index is 431. The SMILES string of the molecule is CCC1(COCc2ccccc2Br)CCC(C)(C)O1. The Hall–Kier alpha value is -0.380. The zero-order valence-corrected chi connectivity index (χ0v) is 13.6. The fraction of sp³-hybridized carbons (Fsp3) is 0.625.